The van der Waals surface area contributed by atoms with Gasteiger partial charge in [-0.3, -0.25) is 0 Å². The van der Waals surface area contributed by atoms with Gasteiger partial charge < -0.3 is 10.6 Å². The van der Waals surface area contributed by atoms with Gasteiger partial charge in [-0.15, -0.1) is 0 Å². The topological polar surface area (TPSA) is 41.1 Å². The Hall–Kier alpha value is -1.36. The minimum absolute atomic E-state index is 0.198. The van der Waals surface area contributed by atoms with Crippen LogP contribution in [0.3, 0.4) is 0 Å². The molecule has 0 spiro atoms. The number of urea groups is 1. The van der Waals surface area contributed by atoms with E-state index in [1.807, 2.05) is 42.5 Å². The number of carbonyl (C=O) groups is 1. The average Bonchev–Trinajstić information content (AvgIpc) is 2.50. The number of hydrogen-bond acceptors (Lipinski definition) is 2. The van der Waals surface area contributed by atoms with Gasteiger partial charge in [-0.05, 0) is 29.8 Å². The second-order valence-corrected chi connectivity index (χ2v) is 6.48. The van der Waals surface area contributed by atoms with Gasteiger partial charge in [0.25, 0.3) is 0 Å². The average molecular weight is 355 g/mol. The molecule has 6 heteroatoms. The van der Waals surface area contributed by atoms with Crippen LogP contribution in [0.5, 0.6) is 0 Å². The molecule has 0 bridgehead atoms. The molecule has 22 heavy (non-hydrogen) atoms. The van der Waals surface area contributed by atoms with E-state index in [4.69, 9.17) is 23.2 Å². The highest BCUT2D eigenvalue weighted by molar-refractivity contribution is 7.98. The van der Waals surface area contributed by atoms with Gasteiger partial charge in [-0.1, -0.05) is 47.5 Å². The van der Waals surface area contributed by atoms with Crippen molar-refractivity contribution >= 4 is 46.7 Å². The molecule has 3 nitrogen and oxygen atoms in total. The zero-order valence-corrected chi connectivity index (χ0v) is 14.1. The summed E-state index contributed by atoms with van der Waals surface area (Å²) in [6.45, 7) is 0.592. The van der Waals surface area contributed by atoms with E-state index >= 15 is 0 Å². The van der Waals surface area contributed by atoms with Crippen molar-refractivity contribution in [3.8, 4) is 0 Å². The quantitative estimate of drug-likeness (QED) is 0.712. The standard InChI is InChI=1S/C16H16Cl2N2OS/c17-13-7-6-12(15(18)10-13)11-22-9-8-19-16(21)20-14-4-2-1-3-5-14/h1-7,10H,8-9,11H2,(H2,19,20,21). The summed E-state index contributed by atoms with van der Waals surface area (Å²) in [6.07, 6.45) is 0. The number of carbonyl (C=O) groups excluding carboxylic acids is 1. The summed E-state index contributed by atoms with van der Waals surface area (Å²) in [6, 6.07) is 14.6. The van der Waals surface area contributed by atoms with Crippen molar-refractivity contribution < 1.29 is 4.79 Å². The zero-order chi connectivity index (χ0) is 15.8. The molecule has 2 amide bonds. The van der Waals surface area contributed by atoms with Gasteiger partial charge in [0, 0.05) is 33.8 Å². The lowest BCUT2D eigenvalue weighted by molar-refractivity contribution is 0.252. The van der Waals surface area contributed by atoms with Crippen molar-refractivity contribution in [3.63, 3.8) is 0 Å². The first kappa shape index (κ1) is 17.0. The van der Waals surface area contributed by atoms with Crippen molar-refractivity contribution in [2.45, 2.75) is 5.75 Å². The molecule has 2 aromatic carbocycles. The monoisotopic (exact) mass is 354 g/mol. The molecule has 0 fully saturated rings. The highest BCUT2D eigenvalue weighted by Gasteiger charge is 2.03. The number of amides is 2. The number of para-hydroxylation sites is 1. The van der Waals surface area contributed by atoms with Gasteiger partial charge in [0.2, 0.25) is 0 Å². The van der Waals surface area contributed by atoms with Crippen LogP contribution in [0.25, 0.3) is 0 Å². The summed E-state index contributed by atoms with van der Waals surface area (Å²) in [5.74, 6) is 1.60. The molecule has 2 rings (SSSR count). The number of thioether (sulfide) groups is 1. The van der Waals surface area contributed by atoms with E-state index in [-0.39, 0.29) is 6.03 Å². The van der Waals surface area contributed by atoms with Crippen molar-refractivity contribution in [2.24, 2.45) is 0 Å². The minimum atomic E-state index is -0.198. The van der Waals surface area contributed by atoms with Crippen LogP contribution in [0.15, 0.2) is 48.5 Å². The number of nitrogens with one attached hydrogen (secondary N) is 2. The van der Waals surface area contributed by atoms with Crippen LogP contribution in [0.1, 0.15) is 5.56 Å². The normalized spacial score (nSPS) is 10.3. The largest absolute Gasteiger partial charge is 0.337 e. The van der Waals surface area contributed by atoms with Crippen LogP contribution in [0, 0.1) is 0 Å². The maximum atomic E-state index is 11.7. The molecule has 116 valence electrons. The van der Waals surface area contributed by atoms with Crippen molar-refractivity contribution in [1.29, 1.82) is 0 Å². The van der Waals surface area contributed by atoms with Gasteiger partial charge in [0.1, 0.15) is 0 Å². The predicted molar refractivity (Wildman–Crippen MR) is 96.1 cm³/mol. The predicted octanol–water partition coefficient (Wildman–Crippen LogP) is 5.05. The van der Waals surface area contributed by atoms with Gasteiger partial charge in [-0.25, -0.2) is 4.79 Å². The van der Waals surface area contributed by atoms with E-state index in [0.717, 1.165) is 22.8 Å². The molecule has 0 aliphatic rings. The van der Waals surface area contributed by atoms with Gasteiger partial charge in [0.05, 0.1) is 0 Å². The fourth-order valence-electron chi connectivity index (χ4n) is 1.75. The van der Waals surface area contributed by atoms with E-state index in [2.05, 4.69) is 10.6 Å². The molecule has 2 aromatic rings. The third-order valence-electron chi connectivity index (χ3n) is 2.84. The number of rotatable bonds is 6. The fraction of sp³-hybridized carbons (Fsp3) is 0.188. The molecule has 0 aliphatic carbocycles. The molecule has 0 aromatic heterocycles. The van der Waals surface area contributed by atoms with E-state index in [1.54, 1.807) is 17.8 Å². The summed E-state index contributed by atoms with van der Waals surface area (Å²) < 4.78 is 0. The summed E-state index contributed by atoms with van der Waals surface area (Å²) in [7, 11) is 0. The van der Waals surface area contributed by atoms with Gasteiger partial charge in [-0.2, -0.15) is 11.8 Å². The molecule has 0 radical (unpaired) electrons. The Bertz CT molecular complexity index is 623. The molecule has 0 saturated heterocycles. The molecular weight excluding hydrogens is 339 g/mol. The molecule has 2 N–H and O–H groups in total. The summed E-state index contributed by atoms with van der Waals surface area (Å²) in [4.78, 5) is 11.7. The first-order valence-electron chi connectivity index (χ1n) is 6.77. The Kier molecular flexibility index (Phi) is 6.90. The SMILES string of the molecule is O=C(NCCSCc1ccc(Cl)cc1Cl)Nc1ccccc1. The smallest absolute Gasteiger partial charge is 0.319 e. The van der Waals surface area contributed by atoms with E-state index in [1.165, 1.54) is 0 Å². The number of anilines is 1. The highest BCUT2D eigenvalue weighted by atomic mass is 35.5. The van der Waals surface area contributed by atoms with Gasteiger partial charge in [0.15, 0.2) is 0 Å². The maximum Gasteiger partial charge on any atom is 0.319 e. The van der Waals surface area contributed by atoms with Crippen molar-refractivity contribution in [2.75, 3.05) is 17.6 Å². The Morgan fingerprint density at radius 3 is 2.59 bits per heavy atom. The molecule has 0 unspecified atom stereocenters. The lowest BCUT2D eigenvalue weighted by Gasteiger charge is -2.08. The van der Waals surface area contributed by atoms with Crippen LogP contribution < -0.4 is 10.6 Å². The van der Waals surface area contributed by atoms with Crippen LogP contribution in [-0.4, -0.2) is 18.3 Å². The minimum Gasteiger partial charge on any atom is -0.337 e. The van der Waals surface area contributed by atoms with E-state index < -0.39 is 0 Å². The molecule has 0 heterocycles. The summed E-state index contributed by atoms with van der Waals surface area (Å²) in [5, 5.41) is 6.90. The Morgan fingerprint density at radius 1 is 1.09 bits per heavy atom. The van der Waals surface area contributed by atoms with E-state index in [9.17, 15) is 4.79 Å². The third kappa shape index (κ3) is 5.79. The van der Waals surface area contributed by atoms with Crippen LogP contribution in [-0.2, 0) is 5.75 Å². The fourth-order valence-corrected chi connectivity index (χ4v) is 3.17. The van der Waals surface area contributed by atoms with Gasteiger partial charge >= 0.3 is 6.03 Å². The maximum absolute atomic E-state index is 11.7. The summed E-state index contributed by atoms with van der Waals surface area (Å²) >= 11 is 13.7. The van der Waals surface area contributed by atoms with Crippen molar-refractivity contribution in [1.82, 2.24) is 5.32 Å². The van der Waals surface area contributed by atoms with E-state index in [0.29, 0.717) is 16.6 Å². The first-order valence-corrected chi connectivity index (χ1v) is 8.68. The summed E-state index contributed by atoms with van der Waals surface area (Å²) in [5.41, 5.74) is 1.82. The van der Waals surface area contributed by atoms with Crippen LogP contribution in [0.2, 0.25) is 10.0 Å². The molecule has 0 atom stereocenters. The Labute approximate surface area is 144 Å². The Morgan fingerprint density at radius 2 is 1.86 bits per heavy atom. The first-order chi connectivity index (χ1) is 10.6. The second kappa shape index (κ2) is 8.93. The zero-order valence-electron chi connectivity index (χ0n) is 11.8. The highest BCUT2D eigenvalue weighted by Crippen LogP contribution is 2.24. The third-order valence-corrected chi connectivity index (χ3v) is 4.43. The molecular formula is C16H16Cl2N2OS. The lowest BCUT2D eigenvalue weighted by atomic mass is 10.2. The lowest BCUT2D eigenvalue weighted by Crippen LogP contribution is -2.30. The molecule has 0 aliphatic heterocycles. The second-order valence-electron chi connectivity index (χ2n) is 4.54. The number of halogens is 2. The number of benzene rings is 2. The molecule has 0 saturated carbocycles. The van der Waals surface area contributed by atoms with Crippen LogP contribution >= 0.6 is 35.0 Å². The number of hydrogen-bond donors (Lipinski definition) is 2. The Balaban J connectivity index is 1.64. The van der Waals surface area contributed by atoms with Crippen molar-refractivity contribution in [3.05, 3.63) is 64.1 Å². The van der Waals surface area contributed by atoms with Crippen LogP contribution in [0.4, 0.5) is 10.5 Å².